The van der Waals surface area contributed by atoms with Gasteiger partial charge < -0.3 is 20.1 Å². The average Bonchev–Trinajstić information content (AvgIpc) is 3.04. The Morgan fingerprint density at radius 3 is 2.81 bits per heavy atom. The lowest BCUT2D eigenvalue weighted by atomic mass is 10.1. The molecule has 1 aliphatic rings. The Kier molecular flexibility index (Phi) is 4.24. The zero-order chi connectivity index (χ0) is 18.1. The second-order valence-electron chi connectivity index (χ2n) is 6.82. The fraction of sp³-hybridized carbons (Fsp3) is 0.300. The Balaban J connectivity index is 1.49. The summed E-state index contributed by atoms with van der Waals surface area (Å²) < 4.78 is 0. The van der Waals surface area contributed by atoms with Gasteiger partial charge in [-0.05, 0) is 31.5 Å². The molecule has 1 atom stereocenters. The third-order valence-corrected chi connectivity index (χ3v) is 4.98. The molecular formula is C20H24N6. The second-order valence-corrected chi connectivity index (χ2v) is 6.82. The molecule has 1 aromatic carbocycles. The van der Waals surface area contributed by atoms with Crippen molar-refractivity contribution in [3.05, 3.63) is 60.8 Å². The van der Waals surface area contributed by atoms with Crippen LogP contribution >= 0.6 is 0 Å². The van der Waals surface area contributed by atoms with Crippen LogP contribution in [0.25, 0.3) is 11.0 Å². The maximum absolute atomic E-state index is 4.57. The van der Waals surface area contributed by atoms with E-state index in [1.807, 2.05) is 24.4 Å². The minimum absolute atomic E-state index is 0.330. The van der Waals surface area contributed by atoms with Crippen LogP contribution in [0.1, 0.15) is 12.5 Å². The largest absolute Gasteiger partial charge is 0.352 e. The van der Waals surface area contributed by atoms with Crippen LogP contribution < -0.4 is 10.2 Å². The highest BCUT2D eigenvalue weighted by molar-refractivity contribution is 5.90. The van der Waals surface area contributed by atoms with Gasteiger partial charge in [0.2, 0.25) is 0 Å². The molecule has 1 saturated heterocycles. The molecule has 4 rings (SSSR count). The quantitative estimate of drug-likeness (QED) is 0.757. The van der Waals surface area contributed by atoms with Gasteiger partial charge in [-0.3, -0.25) is 0 Å². The number of para-hydroxylation sites is 1. The molecule has 2 N–H and O–H groups in total. The number of H-pyrrole nitrogens is 1. The lowest BCUT2D eigenvalue weighted by Crippen LogP contribution is -2.52. The summed E-state index contributed by atoms with van der Waals surface area (Å²) in [4.78, 5) is 16.8. The summed E-state index contributed by atoms with van der Waals surface area (Å²) in [7, 11) is 0. The van der Waals surface area contributed by atoms with Gasteiger partial charge in [0, 0.05) is 37.6 Å². The summed E-state index contributed by atoms with van der Waals surface area (Å²) in [5.41, 5.74) is 3.14. The molecule has 0 aliphatic carbocycles. The van der Waals surface area contributed by atoms with Crippen LogP contribution in [0.3, 0.4) is 0 Å². The first-order valence-corrected chi connectivity index (χ1v) is 8.94. The van der Waals surface area contributed by atoms with Gasteiger partial charge in [-0.1, -0.05) is 24.8 Å². The van der Waals surface area contributed by atoms with Crippen molar-refractivity contribution >= 4 is 22.5 Å². The number of benzene rings is 1. The molecule has 0 saturated carbocycles. The van der Waals surface area contributed by atoms with E-state index in [1.165, 1.54) is 5.56 Å². The molecule has 1 fully saturated rings. The molecule has 0 amide bonds. The van der Waals surface area contributed by atoms with E-state index in [1.54, 1.807) is 6.33 Å². The van der Waals surface area contributed by atoms with E-state index in [9.17, 15) is 0 Å². The van der Waals surface area contributed by atoms with E-state index in [0.29, 0.717) is 6.04 Å². The standard InChI is InChI=1S/C20H24N6/c1-14-11-21-19-18(14)20(23-13-22-19)25-9-10-26(15(2)12-25)16(3)24-17-7-5-4-6-8-17/h4-8,11,13,15,24H,3,9-10,12H2,1-2H3,(H,21,22,23)/t15-/m0/s1. The molecule has 2 aromatic heterocycles. The lowest BCUT2D eigenvalue weighted by molar-refractivity contribution is 0.246. The maximum atomic E-state index is 4.57. The zero-order valence-electron chi connectivity index (χ0n) is 15.2. The molecule has 1 aliphatic heterocycles. The van der Waals surface area contributed by atoms with E-state index in [4.69, 9.17) is 0 Å². The summed E-state index contributed by atoms with van der Waals surface area (Å²) >= 11 is 0. The first kappa shape index (κ1) is 16.4. The highest BCUT2D eigenvalue weighted by Crippen LogP contribution is 2.28. The van der Waals surface area contributed by atoms with Gasteiger partial charge in [0.05, 0.1) is 11.2 Å². The smallest absolute Gasteiger partial charge is 0.143 e. The molecule has 134 valence electrons. The Labute approximate surface area is 153 Å². The zero-order valence-corrected chi connectivity index (χ0v) is 15.2. The molecule has 3 aromatic rings. The van der Waals surface area contributed by atoms with Crippen molar-refractivity contribution in [3.8, 4) is 0 Å². The summed E-state index contributed by atoms with van der Waals surface area (Å²) in [6, 6.07) is 10.5. The highest BCUT2D eigenvalue weighted by atomic mass is 15.3. The van der Waals surface area contributed by atoms with Crippen LogP contribution in [0.5, 0.6) is 0 Å². The number of fused-ring (bicyclic) bond motifs is 1. The number of hydrogen-bond acceptors (Lipinski definition) is 5. The van der Waals surface area contributed by atoms with Crippen molar-refractivity contribution in [2.45, 2.75) is 19.9 Å². The van der Waals surface area contributed by atoms with Gasteiger partial charge in [-0.15, -0.1) is 0 Å². The topological polar surface area (TPSA) is 60.1 Å². The normalized spacial score (nSPS) is 17.5. The lowest BCUT2D eigenvalue weighted by Gasteiger charge is -2.42. The van der Waals surface area contributed by atoms with Crippen LogP contribution in [0.4, 0.5) is 11.5 Å². The second kappa shape index (κ2) is 6.71. The average molecular weight is 348 g/mol. The van der Waals surface area contributed by atoms with Gasteiger partial charge >= 0.3 is 0 Å². The number of piperazine rings is 1. The molecule has 0 bridgehead atoms. The molecule has 0 radical (unpaired) electrons. The molecule has 6 nitrogen and oxygen atoms in total. The Bertz CT molecular complexity index is 916. The Morgan fingerprint density at radius 2 is 2.04 bits per heavy atom. The fourth-order valence-corrected chi connectivity index (χ4v) is 3.65. The van der Waals surface area contributed by atoms with Crippen molar-refractivity contribution in [1.29, 1.82) is 0 Å². The minimum Gasteiger partial charge on any atom is -0.352 e. The van der Waals surface area contributed by atoms with Gasteiger partial charge in [-0.25, -0.2) is 9.97 Å². The summed E-state index contributed by atoms with van der Waals surface area (Å²) in [6.07, 6.45) is 3.63. The SMILES string of the molecule is C=C(Nc1ccccc1)N1CCN(c2ncnc3[nH]cc(C)c23)C[C@@H]1C. The fourth-order valence-electron chi connectivity index (χ4n) is 3.65. The van der Waals surface area contributed by atoms with Crippen LogP contribution in [0, 0.1) is 6.92 Å². The van der Waals surface area contributed by atoms with Crippen molar-refractivity contribution in [3.63, 3.8) is 0 Å². The van der Waals surface area contributed by atoms with E-state index < -0.39 is 0 Å². The molecule has 26 heavy (non-hydrogen) atoms. The van der Waals surface area contributed by atoms with Crippen LogP contribution in [0.2, 0.25) is 0 Å². The van der Waals surface area contributed by atoms with Gasteiger partial charge in [-0.2, -0.15) is 0 Å². The van der Waals surface area contributed by atoms with Crippen molar-refractivity contribution < 1.29 is 0 Å². The number of aromatic nitrogens is 3. The van der Waals surface area contributed by atoms with Crippen LogP contribution in [-0.4, -0.2) is 45.5 Å². The molecular weight excluding hydrogens is 324 g/mol. The molecule has 6 heteroatoms. The number of nitrogens with zero attached hydrogens (tertiary/aromatic N) is 4. The summed E-state index contributed by atoms with van der Waals surface area (Å²) in [6.45, 7) is 11.3. The number of nitrogens with one attached hydrogen (secondary N) is 2. The highest BCUT2D eigenvalue weighted by Gasteiger charge is 2.27. The number of aromatic amines is 1. The first-order valence-electron chi connectivity index (χ1n) is 8.94. The van der Waals surface area contributed by atoms with Gasteiger partial charge in [0.15, 0.2) is 0 Å². The van der Waals surface area contributed by atoms with Crippen molar-refractivity contribution in [1.82, 2.24) is 19.9 Å². The van der Waals surface area contributed by atoms with E-state index >= 15 is 0 Å². The number of anilines is 2. The summed E-state index contributed by atoms with van der Waals surface area (Å²) in [5, 5.41) is 4.53. The summed E-state index contributed by atoms with van der Waals surface area (Å²) in [5.74, 6) is 1.95. The van der Waals surface area contributed by atoms with Gasteiger partial charge in [0.1, 0.15) is 17.8 Å². The van der Waals surface area contributed by atoms with E-state index in [0.717, 1.165) is 48.0 Å². The van der Waals surface area contributed by atoms with E-state index in [2.05, 4.69) is 62.6 Å². The number of rotatable bonds is 4. The first-order chi connectivity index (χ1) is 12.6. The minimum atomic E-state index is 0.330. The third kappa shape index (κ3) is 2.98. The monoisotopic (exact) mass is 348 g/mol. The number of aryl methyl sites for hydroxylation is 1. The Hall–Kier alpha value is -3.02. The molecule has 0 unspecified atom stereocenters. The number of hydrogen-bond donors (Lipinski definition) is 2. The predicted molar refractivity (Wildman–Crippen MR) is 106 cm³/mol. The molecule has 3 heterocycles. The maximum Gasteiger partial charge on any atom is 0.143 e. The third-order valence-electron chi connectivity index (χ3n) is 4.98. The van der Waals surface area contributed by atoms with Crippen LogP contribution in [0.15, 0.2) is 55.3 Å². The molecule has 0 spiro atoms. The van der Waals surface area contributed by atoms with Crippen molar-refractivity contribution in [2.75, 3.05) is 29.9 Å². The van der Waals surface area contributed by atoms with Gasteiger partial charge in [0.25, 0.3) is 0 Å². The van der Waals surface area contributed by atoms with Crippen molar-refractivity contribution in [2.24, 2.45) is 0 Å². The van der Waals surface area contributed by atoms with Crippen LogP contribution in [-0.2, 0) is 0 Å². The Morgan fingerprint density at radius 1 is 1.23 bits per heavy atom. The predicted octanol–water partition coefficient (Wildman–Crippen LogP) is 3.36. The van der Waals surface area contributed by atoms with E-state index in [-0.39, 0.29) is 0 Å².